The van der Waals surface area contributed by atoms with E-state index < -0.39 is 0 Å². The molecule has 1 saturated heterocycles. The molecule has 0 bridgehead atoms. The van der Waals surface area contributed by atoms with E-state index in [1.807, 2.05) is 25.1 Å². The van der Waals surface area contributed by atoms with Crippen LogP contribution in [-0.4, -0.2) is 28.0 Å². The van der Waals surface area contributed by atoms with Gasteiger partial charge in [-0.1, -0.05) is 6.07 Å². The van der Waals surface area contributed by atoms with Crippen molar-refractivity contribution in [1.82, 2.24) is 20.3 Å². The molecule has 1 aliphatic heterocycles. The van der Waals surface area contributed by atoms with Crippen LogP contribution >= 0.6 is 0 Å². The molecule has 3 heterocycles. The molecule has 1 atom stereocenters. The van der Waals surface area contributed by atoms with Gasteiger partial charge in [-0.2, -0.15) is 0 Å². The van der Waals surface area contributed by atoms with Crippen LogP contribution in [0.3, 0.4) is 0 Å². The summed E-state index contributed by atoms with van der Waals surface area (Å²) in [6.45, 7) is 4.04. The van der Waals surface area contributed by atoms with Gasteiger partial charge in [-0.25, -0.2) is 9.97 Å². The monoisotopic (exact) mass is 269 g/mol. The molecule has 0 aliphatic carbocycles. The first-order valence-electron chi connectivity index (χ1n) is 7.05. The number of rotatable bonds is 3. The maximum Gasteiger partial charge on any atom is 0.153 e. The van der Waals surface area contributed by atoms with Gasteiger partial charge in [-0.3, -0.25) is 4.98 Å². The summed E-state index contributed by atoms with van der Waals surface area (Å²) in [5, 5.41) is 6.72. The van der Waals surface area contributed by atoms with E-state index in [4.69, 9.17) is 0 Å². The average molecular weight is 269 g/mol. The fourth-order valence-corrected chi connectivity index (χ4v) is 2.56. The van der Waals surface area contributed by atoms with E-state index in [2.05, 4.69) is 25.6 Å². The Morgan fingerprint density at radius 3 is 2.95 bits per heavy atom. The Balaban J connectivity index is 1.85. The first-order valence-corrected chi connectivity index (χ1v) is 7.05. The topological polar surface area (TPSA) is 62.7 Å². The number of piperidine rings is 1. The molecule has 3 rings (SSSR count). The third-order valence-corrected chi connectivity index (χ3v) is 3.54. The molecular weight excluding hydrogens is 250 g/mol. The second-order valence-corrected chi connectivity index (χ2v) is 5.12. The van der Waals surface area contributed by atoms with Crippen molar-refractivity contribution >= 4 is 11.6 Å². The highest BCUT2D eigenvalue weighted by atomic mass is 15.1. The van der Waals surface area contributed by atoms with E-state index in [0.717, 1.165) is 42.5 Å². The molecule has 2 aromatic rings. The minimum absolute atomic E-state index is 0.421. The fourth-order valence-electron chi connectivity index (χ4n) is 2.56. The van der Waals surface area contributed by atoms with Crippen LogP contribution in [0.5, 0.6) is 0 Å². The number of hydrogen-bond donors (Lipinski definition) is 2. The van der Waals surface area contributed by atoms with Crippen molar-refractivity contribution in [3.8, 4) is 0 Å². The minimum atomic E-state index is 0.421. The van der Waals surface area contributed by atoms with E-state index in [-0.39, 0.29) is 0 Å². The largest absolute Gasteiger partial charge is 0.323 e. The molecule has 5 heteroatoms. The summed E-state index contributed by atoms with van der Waals surface area (Å²) in [7, 11) is 0. The van der Waals surface area contributed by atoms with Crippen molar-refractivity contribution in [2.24, 2.45) is 0 Å². The lowest BCUT2D eigenvalue weighted by Gasteiger charge is -2.23. The molecule has 1 aliphatic rings. The number of nitrogens with zero attached hydrogens (tertiary/aromatic N) is 3. The summed E-state index contributed by atoms with van der Waals surface area (Å²) in [5.74, 6) is 2.06. The Morgan fingerprint density at radius 2 is 2.15 bits per heavy atom. The van der Waals surface area contributed by atoms with E-state index in [1.165, 1.54) is 6.42 Å². The maximum absolute atomic E-state index is 4.53. The van der Waals surface area contributed by atoms with Crippen LogP contribution in [0.2, 0.25) is 0 Å². The number of aryl methyl sites for hydroxylation is 1. The molecule has 104 valence electrons. The lowest BCUT2D eigenvalue weighted by atomic mass is 9.96. The predicted molar refractivity (Wildman–Crippen MR) is 79.1 cm³/mol. The van der Waals surface area contributed by atoms with Gasteiger partial charge >= 0.3 is 0 Å². The van der Waals surface area contributed by atoms with Crippen molar-refractivity contribution in [3.05, 3.63) is 42.0 Å². The lowest BCUT2D eigenvalue weighted by Crippen LogP contribution is -2.29. The first-order chi connectivity index (χ1) is 9.83. The molecule has 20 heavy (non-hydrogen) atoms. The van der Waals surface area contributed by atoms with Crippen LogP contribution in [0.4, 0.5) is 11.6 Å². The summed E-state index contributed by atoms with van der Waals surface area (Å²) >= 11 is 0. The smallest absolute Gasteiger partial charge is 0.153 e. The molecule has 0 aromatic carbocycles. The number of pyridine rings is 1. The molecule has 0 amide bonds. The number of hydrogen-bond acceptors (Lipinski definition) is 5. The van der Waals surface area contributed by atoms with Crippen LogP contribution in [-0.2, 0) is 0 Å². The maximum atomic E-state index is 4.53. The number of anilines is 2. The molecule has 0 unspecified atom stereocenters. The molecule has 0 radical (unpaired) electrons. The molecule has 2 aromatic heterocycles. The van der Waals surface area contributed by atoms with E-state index in [0.29, 0.717) is 5.92 Å². The van der Waals surface area contributed by atoms with E-state index in [9.17, 15) is 0 Å². The van der Waals surface area contributed by atoms with Gasteiger partial charge in [-0.05, 0) is 38.4 Å². The molecule has 0 saturated carbocycles. The van der Waals surface area contributed by atoms with Crippen LogP contribution in [0.1, 0.15) is 30.1 Å². The predicted octanol–water partition coefficient (Wildman–Crippen LogP) is 2.39. The van der Waals surface area contributed by atoms with Crippen LogP contribution < -0.4 is 10.6 Å². The Kier molecular flexibility index (Phi) is 3.87. The van der Waals surface area contributed by atoms with Gasteiger partial charge in [0.15, 0.2) is 5.82 Å². The quantitative estimate of drug-likeness (QED) is 0.896. The summed E-state index contributed by atoms with van der Waals surface area (Å²) in [5.41, 5.74) is 2.02. The number of nitrogens with one attached hydrogen (secondary N) is 2. The van der Waals surface area contributed by atoms with Crippen molar-refractivity contribution in [3.63, 3.8) is 0 Å². The average Bonchev–Trinajstić information content (AvgIpc) is 2.49. The minimum Gasteiger partial charge on any atom is -0.323 e. The Bertz CT molecular complexity index is 578. The SMILES string of the molecule is Cc1cccc(Nc2nccnc2[C@@H]2CCCNC2)n1. The van der Waals surface area contributed by atoms with Crippen molar-refractivity contribution in [1.29, 1.82) is 0 Å². The second-order valence-electron chi connectivity index (χ2n) is 5.12. The standard InChI is InChI=1S/C15H19N5/c1-11-4-2-6-13(19-11)20-15-14(17-8-9-18-15)12-5-3-7-16-10-12/h2,4,6,8-9,12,16H,3,5,7,10H2,1H3,(H,18,19,20)/t12-/m1/s1. The highest BCUT2D eigenvalue weighted by Gasteiger charge is 2.20. The molecule has 2 N–H and O–H groups in total. The fraction of sp³-hybridized carbons (Fsp3) is 0.400. The zero-order chi connectivity index (χ0) is 13.8. The van der Waals surface area contributed by atoms with Gasteiger partial charge < -0.3 is 10.6 Å². The van der Waals surface area contributed by atoms with Crippen LogP contribution in [0.15, 0.2) is 30.6 Å². The summed E-state index contributed by atoms with van der Waals surface area (Å²) in [6, 6.07) is 5.92. The highest BCUT2D eigenvalue weighted by molar-refractivity contribution is 5.54. The Hall–Kier alpha value is -2.01. The zero-order valence-corrected chi connectivity index (χ0v) is 11.6. The van der Waals surface area contributed by atoms with Gasteiger partial charge in [0.1, 0.15) is 5.82 Å². The third kappa shape index (κ3) is 2.93. The zero-order valence-electron chi connectivity index (χ0n) is 11.6. The Morgan fingerprint density at radius 1 is 1.25 bits per heavy atom. The van der Waals surface area contributed by atoms with Crippen LogP contribution in [0.25, 0.3) is 0 Å². The second kappa shape index (κ2) is 5.96. The van der Waals surface area contributed by atoms with Gasteiger partial charge in [0.2, 0.25) is 0 Å². The van der Waals surface area contributed by atoms with E-state index >= 15 is 0 Å². The molecule has 1 fully saturated rings. The molecule has 0 spiro atoms. The van der Waals surface area contributed by atoms with E-state index in [1.54, 1.807) is 12.4 Å². The lowest BCUT2D eigenvalue weighted by molar-refractivity contribution is 0.455. The first kappa shape index (κ1) is 13.0. The van der Waals surface area contributed by atoms with Gasteiger partial charge in [0, 0.05) is 30.6 Å². The molecule has 5 nitrogen and oxygen atoms in total. The summed E-state index contributed by atoms with van der Waals surface area (Å²) < 4.78 is 0. The number of aromatic nitrogens is 3. The third-order valence-electron chi connectivity index (χ3n) is 3.54. The summed E-state index contributed by atoms with van der Waals surface area (Å²) in [4.78, 5) is 13.4. The van der Waals surface area contributed by atoms with Gasteiger partial charge in [0.05, 0.1) is 5.69 Å². The van der Waals surface area contributed by atoms with Gasteiger partial charge in [0.25, 0.3) is 0 Å². The molecular formula is C15H19N5. The van der Waals surface area contributed by atoms with Crippen molar-refractivity contribution in [2.45, 2.75) is 25.7 Å². The Labute approximate surface area is 118 Å². The normalized spacial score (nSPS) is 18.8. The van der Waals surface area contributed by atoms with Crippen LogP contribution in [0, 0.1) is 6.92 Å². The van der Waals surface area contributed by atoms with Crippen molar-refractivity contribution < 1.29 is 0 Å². The summed E-state index contributed by atoms with van der Waals surface area (Å²) in [6.07, 6.45) is 5.82. The van der Waals surface area contributed by atoms with Crippen molar-refractivity contribution in [2.75, 3.05) is 18.4 Å². The highest BCUT2D eigenvalue weighted by Crippen LogP contribution is 2.27. The van der Waals surface area contributed by atoms with Gasteiger partial charge in [-0.15, -0.1) is 0 Å².